The standard InChI is InChI=1S/C6H10N2O2/c7-5(9)4-10-6-2-1-3-8-6/h1-4H2,(H2,7,9). The van der Waals surface area contributed by atoms with Gasteiger partial charge in [-0.05, 0) is 6.42 Å². The van der Waals surface area contributed by atoms with Crippen LogP contribution in [-0.4, -0.2) is 25.0 Å². The summed E-state index contributed by atoms with van der Waals surface area (Å²) in [5.41, 5.74) is 4.85. The molecule has 4 nitrogen and oxygen atoms in total. The molecule has 2 N–H and O–H groups in total. The van der Waals surface area contributed by atoms with Crippen LogP contribution < -0.4 is 5.73 Å². The van der Waals surface area contributed by atoms with Crippen molar-refractivity contribution < 1.29 is 9.53 Å². The van der Waals surface area contributed by atoms with E-state index >= 15 is 0 Å². The Morgan fingerprint density at radius 1 is 1.80 bits per heavy atom. The first-order valence-corrected chi connectivity index (χ1v) is 3.23. The number of primary amides is 1. The molecular weight excluding hydrogens is 132 g/mol. The van der Waals surface area contributed by atoms with E-state index in [-0.39, 0.29) is 6.61 Å². The lowest BCUT2D eigenvalue weighted by atomic mass is 10.4. The molecule has 0 unspecified atom stereocenters. The predicted octanol–water partition coefficient (Wildman–Crippen LogP) is -0.319. The minimum Gasteiger partial charge on any atom is -0.471 e. The minimum atomic E-state index is -0.449. The second kappa shape index (κ2) is 3.20. The minimum absolute atomic E-state index is 0.0428. The van der Waals surface area contributed by atoms with Crippen molar-refractivity contribution in [2.45, 2.75) is 12.8 Å². The zero-order valence-electron chi connectivity index (χ0n) is 5.67. The largest absolute Gasteiger partial charge is 0.471 e. The first-order valence-electron chi connectivity index (χ1n) is 3.23. The average Bonchev–Trinajstić information content (AvgIpc) is 2.34. The van der Waals surface area contributed by atoms with Gasteiger partial charge in [-0.15, -0.1) is 0 Å². The van der Waals surface area contributed by atoms with E-state index in [1.54, 1.807) is 0 Å². The Hall–Kier alpha value is -1.06. The molecule has 0 saturated carbocycles. The smallest absolute Gasteiger partial charge is 0.255 e. The van der Waals surface area contributed by atoms with E-state index in [1.807, 2.05) is 0 Å². The Morgan fingerprint density at radius 3 is 3.10 bits per heavy atom. The van der Waals surface area contributed by atoms with Gasteiger partial charge < -0.3 is 10.5 Å². The SMILES string of the molecule is NC(=O)COC1=NCCC1. The van der Waals surface area contributed by atoms with E-state index in [4.69, 9.17) is 10.5 Å². The molecule has 1 aliphatic rings. The van der Waals surface area contributed by atoms with E-state index in [9.17, 15) is 4.79 Å². The molecule has 0 spiro atoms. The number of carbonyl (C=O) groups excluding carboxylic acids is 1. The third-order valence-corrected chi connectivity index (χ3v) is 1.22. The van der Waals surface area contributed by atoms with Gasteiger partial charge in [0.15, 0.2) is 12.5 Å². The summed E-state index contributed by atoms with van der Waals surface area (Å²) in [6, 6.07) is 0. The summed E-state index contributed by atoms with van der Waals surface area (Å²) in [5, 5.41) is 0. The summed E-state index contributed by atoms with van der Waals surface area (Å²) in [4.78, 5) is 14.2. The summed E-state index contributed by atoms with van der Waals surface area (Å²) in [6.07, 6.45) is 1.86. The van der Waals surface area contributed by atoms with E-state index in [0.717, 1.165) is 19.4 Å². The summed E-state index contributed by atoms with van der Waals surface area (Å²) < 4.78 is 4.94. The van der Waals surface area contributed by atoms with Gasteiger partial charge in [0.1, 0.15) is 0 Å². The number of nitrogens with zero attached hydrogens (tertiary/aromatic N) is 1. The van der Waals surface area contributed by atoms with Crippen molar-refractivity contribution in [2.75, 3.05) is 13.2 Å². The predicted molar refractivity (Wildman–Crippen MR) is 36.7 cm³/mol. The maximum absolute atomic E-state index is 10.2. The van der Waals surface area contributed by atoms with E-state index in [0.29, 0.717) is 5.90 Å². The summed E-state index contributed by atoms with van der Waals surface area (Å²) in [5.74, 6) is 0.216. The number of amides is 1. The Kier molecular flexibility index (Phi) is 2.25. The van der Waals surface area contributed by atoms with E-state index in [1.165, 1.54) is 0 Å². The molecule has 0 aliphatic carbocycles. The van der Waals surface area contributed by atoms with Crippen LogP contribution >= 0.6 is 0 Å². The number of ether oxygens (including phenoxy) is 1. The molecule has 56 valence electrons. The maximum atomic E-state index is 10.2. The molecule has 10 heavy (non-hydrogen) atoms. The highest BCUT2D eigenvalue weighted by molar-refractivity contribution is 5.82. The molecule has 1 heterocycles. The van der Waals surface area contributed by atoms with Gasteiger partial charge in [-0.3, -0.25) is 9.79 Å². The van der Waals surface area contributed by atoms with Crippen LogP contribution in [0.15, 0.2) is 4.99 Å². The zero-order chi connectivity index (χ0) is 7.40. The van der Waals surface area contributed by atoms with Crippen LogP contribution in [0.1, 0.15) is 12.8 Å². The molecule has 0 bridgehead atoms. The van der Waals surface area contributed by atoms with Crippen molar-refractivity contribution in [3.63, 3.8) is 0 Å². The number of carbonyl (C=O) groups is 1. The van der Waals surface area contributed by atoms with Gasteiger partial charge in [-0.25, -0.2) is 0 Å². The van der Waals surface area contributed by atoms with Crippen LogP contribution in [0, 0.1) is 0 Å². The summed E-state index contributed by atoms with van der Waals surface area (Å²) >= 11 is 0. The quantitative estimate of drug-likeness (QED) is 0.574. The highest BCUT2D eigenvalue weighted by Gasteiger charge is 2.07. The molecule has 0 aromatic heterocycles. The van der Waals surface area contributed by atoms with Crippen molar-refractivity contribution >= 4 is 11.8 Å². The van der Waals surface area contributed by atoms with Crippen LogP contribution in [0.5, 0.6) is 0 Å². The van der Waals surface area contributed by atoms with Gasteiger partial charge in [-0.2, -0.15) is 0 Å². The first-order chi connectivity index (χ1) is 4.79. The molecule has 0 fully saturated rings. The fourth-order valence-corrected chi connectivity index (χ4v) is 0.785. The zero-order valence-corrected chi connectivity index (χ0v) is 5.67. The maximum Gasteiger partial charge on any atom is 0.255 e. The van der Waals surface area contributed by atoms with Gasteiger partial charge in [0.05, 0.1) is 0 Å². The monoisotopic (exact) mass is 142 g/mol. The fraction of sp³-hybridized carbons (Fsp3) is 0.667. The molecule has 1 aliphatic heterocycles. The molecule has 4 heteroatoms. The molecule has 0 radical (unpaired) electrons. The molecule has 1 amide bonds. The average molecular weight is 142 g/mol. The summed E-state index contributed by atoms with van der Waals surface area (Å²) in [6.45, 7) is 0.771. The van der Waals surface area contributed by atoms with Gasteiger partial charge in [0.25, 0.3) is 5.91 Å². The third-order valence-electron chi connectivity index (χ3n) is 1.22. The normalized spacial score (nSPS) is 16.6. The van der Waals surface area contributed by atoms with Crippen LogP contribution in [0.4, 0.5) is 0 Å². The molecule has 0 atom stereocenters. The molecule has 0 aromatic carbocycles. The van der Waals surface area contributed by atoms with Gasteiger partial charge in [0, 0.05) is 13.0 Å². The first kappa shape index (κ1) is 7.05. The van der Waals surface area contributed by atoms with E-state index < -0.39 is 5.91 Å². The Morgan fingerprint density at radius 2 is 2.60 bits per heavy atom. The fourth-order valence-electron chi connectivity index (χ4n) is 0.785. The van der Waals surface area contributed by atoms with Crippen molar-refractivity contribution in [1.82, 2.24) is 0 Å². The Bertz CT molecular complexity index is 165. The third kappa shape index (κ3) is 2.05. The highest BCUT2D eigenvalue weighted by atomic mass is 16.5. The van der Waals surface area contributed by atoms with Crippen LogP contribution in [0.25, 0.3) is 0 Å². The molecular formula is C6H10N2O2. The number of nitrogens with two attached hydrogens (primary N) is 1. The molecule has 1 rings (SSSR count). The second-order valence-electron chi connectivity index (χ2n) is 2.13. The number of rotatable bonds is 2. The van der Waals surface area contributed by atoms with Gasteiger partial charge in [-0.1, -0.05) is 0 Å². The Labute approximate surface area is 59.1 Å². The van der Waals surface area contributed by atoms with Crippen molar-refractivity contribution in [2.24, 2.45) is 10.7 Å². The van der Waals surface area contributed by atoms with Gasteiger partial charge in [0.2, 0.25) is 0 Å². The Balaban J connectivity index is 2.19. The van der Waals surface area contributed by atoms with Crippen molar-refractivity contribution in [3.05, 3.63) is 0 Å². The van der Waals surface area contributed by atoms with Crippen LogP contribution in [-0.2, 0) is 9.53 Å². The lowest BCUT2D eigenvalue weighted by Crippen LogP contribution is -2.20. The van der Waals surface area contributed by atoms with E-state index in [2.05, 4.69) is 4.99 Å². The number of hydrogen-bond donors (Lipinski definition) is 1. The number of hydrogen-bond acceptors (Lipinski definition) is 3. The highest BCUT2D eigenvalue weighted by Crippen LogP contribution is 2.03. The molecule has 0 saturated heterocycles. The number of aliphatic imine (C=N–C) groups is 1. The lowest BCUT2D eigenvalue weighted by molar-refractivity contribution is -0.120. The van der Waals surface area contributed by atoms with Gasteiger partial charge >= 0.3 is 0 Å². The van der Waals surface area contributed by atoms with Crippen molar-refractivity contribution in [3.8, 4) is 0 Å². The van der Waals surface area contributed by atoms with Crippen LogP contribution in [0.2, 0.25) is 0 Å². The van der Waals surface area contributed by atoms with Crippen LogP contribution in [0.3, 0.4) is 0 Å². The topological polar surface area (TPSA) is 64.7 Å². The van der Waals surface area contributed by atoms with Crippen molar-refractivity contribution in [1.29, 1.82) is 0 Å². The lowest BCUT2D eigenvalue weighted by Gasteiger charge is -1.99. The summed E-state index contributed by atoms with van der Waals surface area (Å²) in [7, 11) is 0. The second-order valence-corrected chi connectivity index (χ2v) is 2.13. The molecule has 0 aromatic rings.